The maximum absolute atomic E-state index is 12.9. The highest BCUT2D eigenvalue weighted by Crippen LogP contribution is 2.37. The van der Waals surface area contributed by atoms with Crippen LogP contribution in [0.4, 0.5) is 19.0 Å². The van der Waals surface area contributed by atoms with Crippen molar-refractivity contribution in [3.05, 3.63) is 86.7 Å². The monoisotopic (exact) mass is 459 g/mol. The van der Waals surface area contributed by atoms with E-state index in [0.717, 1.165) is 23.3 Å². The van der Waals surface area contributed by atoms with Crippen molar-refractivity contribution in [2.75, 3.05) is 5.32 Å². The summed E-state index contributed by atoms with van der Waals surface area (Å²) in [5.74, 6) is -0.0454. The maximum Gasteiger partial charge on any atom is 0.416 e. The lowest BCUT2D eigenvalue weighted by molar-refractivity contribution is -0.137. The van der Waals surface area contributed by atoms with Gasteiger partial charge in [-0.05, 0) is 30.2 Å². The largest absolute Gasteiger partial charge is 0.416 e. The minimum absolute atomic E-state index is 0.0366. The molecule has 2 aromatic carbocycles. The number of benzene rings is 2. The molecule has 5 nitrogen and oxygen atoms in total. The number of fused-ring (bicyclic) bond motifs is 1. The molecule has 166 valence electrons. The summed E-state index contributed by atoms with van der Waals surface area (Å²) in [5.41, 5.74) is 1.68. The van der Waals surface area contributed by atoms with Crippen molar-refractivity contribution in [2.45, 2.75) is 36.3 Å². The summed E-state index contributed by atoms with van der Waals surface area (Å²) in [7, 11) is 1.71. The summed E-state index contributed by atoms with van der Waals surface area (Å²) in [6.07, 6.45) is -4.49. The van der Waals surface area contributed by atoms with Crippen molar-refractivity contribution >= 4 is 23.5 Å². The lowest BCUT2D eigenvalue weighted by Gasteiger charge is -2.27. The van der Waals surface area contributed by atoms with E-state index < -0.39 is 23.2 Å². The van der Waals surface area contributed by atoms with Gasteiger partial charge in [0.1, 0.15) is 5.82 Å². The molecule has 4 rings (SSSR count). The van der Waals surface area contributed by atoms with Gasteiger partial charge in [-0.15, -0.1) is 0 Å². The third kappa shape index (κ3) is 4.43. The van der Waals surface area contributed by atoms with Crippen LogP contribution in [0.25, 0.3) is 0 Å². The van der Waals surface area contributed by atoms with Gasteiger partial charge in [-0.1, -0.05) is 53.7 Å². The van der Waals surface area contributed by atoms with Crippen LogP contribution in [0.1, 0.15) is 40.2 Å². The van der Waals surface area contributed by atoms with Gasteiger partial charge >= 0.3 is 6.18 Å². The zero-order chi connectivity index (χ0) is 23.0. The van der Waals surface area contributed by atoms with Crippen LogP contribution in [-0.4, -0.2) is 15.5 Å². The molecule has 0 aliphatic carbocycles. The third-order valence-electron chi connectivity index (χ3n) is 5.39. The molecule has 2 heterocycles. The number of thioether (sulfide) groups is 1. The second kappa shape index (κ2) is 8.46. The molecule has 0 radical (unpaired) electrons. The highest BCUT2D eigenvalue weighted by atomic mass is 32.2. The molecule has 0 bridgehead atoms. The zero-order valence-electron chi connectivity index (χ0n) is 17.4. The van der Waals surface area contributed by atoms with E-state index in [2.05, 4.69) is 10.3 Å². The average Bonchev–Trinajstić information content (AvgIpc) is 2.74. The Morgan fingerprint density at radius 1 is 1.16 bits per heavy atom. The summed E-state index contributed by atoms with van der Waals surface area (Å²) in [6.45, 7) is 2.00. The maximum atomic E-state index is 12.9. The number of hydrogen-bond acceptors (Lipinski definition) is 4. The number of nitrogens with zero attached hydrogens (tertiary/aromatic N) is 2. The summed E-state index contributed by atoms with van der Waals surface area (Å²) in [5, 5.41) is 3.19. The van der Waals surface area contributed by atoms with E-state index in [1.807, 2.05) is 31.2 Å². The van der Waals surface area contributed by atoms with Gasteiger partial charge in [-0.25, -0.2) is 0 Å². The van der Waals surface area contributed by atoms with Gasteiger partial charge in [-0.2, -0.15) is 18.2 Å². The quantitative estimate of drug-likeness (QED) is 0.447. The molecule has 1 aliphatic rings. The van der Waals surface area contributed by atoms with E-state index in [4.69, 9.17) is 0 Å². The van der Waals surface area contributed by atoms with Crippen LogP contribution < -0.4 is 10.9 Å². The molecule has 1 unspecified atom stereocenters. The molecule has 1 amide bonds. The SMILES string of the molecule is Cc1cccc(CSc2nc(=O)c3c(n2C)NC(=O)CC3c2ccc(C(F)(F)F)cc2)c1. The van der Waals surface area contributed by atoms with Crippen LogP contribution in [0.3, 0.4) is 0 Å². The number of carbonyl (C=O) groups is 1. The number of anilines is 1. The number of nitrogens with one attached hydrogen (secondary N) is 1. The van der Waals surface area contributed by atoms with Crippen LogP contribution in [0.5, 0.6) is 0 Å². The molecule has 0 saturated heterocycles. The molecule has 1 atom stereocenters. The van der Waals surface area contributed by atoms with E-state index in [1.54, 1.807) is 11.6 Å². The number of rotatable bonds is 4. The van der Waals surface area contributed by atoms with Crippen molar-refractivity contribution in [1.29, 1.82) is 0 Å². The fourth-order valence-electron chi connectivity index (χ4n) is 3.80. The molecule has 1 aromatic heterocycles. The first kappa shape index (κ1) is 22.1. The van der Waals surface area contributed by atoms with Gasteiger partial charge in [0.15, 0.2) is 5.16 Å². The fraction of sp³-hybridized carbons (Fsp3) is 0.261. The van der Waals surface area contributed by atoms with E-state index in [1.165, 1.54) is 23.9 Å². The number of aryl methyl sites for hydroxylation is 1. The fourth-order valence-corrected chi connectivity index (χ4v) is 4.71. The Labute approximate surface area is 186 Å². The summed E-state index contributed by atoms with van der Waals surface area (Å²) in [4.78, 5) is 29.6. The van der Waals surface area contributed by atoms with Crippen LogP contribution >= 0.6 is 11.8 Å². The molecule has 0 fully saturated rings. The second-order valence-electron chi connectivity index (χ2n) is 7.72. The molecule has 0 saturated carbocycles. The second-order valence-corrected chi connectivity index (χ2v) is 8.67. The zero-order valence-corrected chi connectivity index (χ0v) is 18.2. The van der Waals surface area contributed by atoms with Crippen molar-refractivity contribution in [1.82, 2.24) is 9.55 Å². The van der Waals surface area contributed by atoms with Gasteiger partial charge in [0.2, 0.25) is 5.91 Å². The Balaban J connectivity index is 1.69. The normalized spacial score (nSPS) is 15.9. The minimum Gasteiger partial charge on any atom is -0.312 e. The Bertz CT molecular complexity index is 1240. The molecular formula is C23H20F3N3O2S. The Morgan fingerprint density at radius 2 is 1.88 bits per heavy atom. The lowest BCUT2D eigenvalue weighted by Crippen LogP contribution is -2.33. The lowest BCUT2D eigenvalue weighted by atomic mass is 9.86. The summed E-state index contributed by atoms with van der Waals surface area (Å²) < 4.78 is 40.4. The number of aromatic nitrogens is 2. The number of amides is 1. The smallest absolute Gasteiger partial charge is 0.312 e. The van der Waals surface area contributed by atoms with Gasteiger partial charge < -0.3 is 9.88 Å². The highest BCUT2D eigenvalue weighted by Gasteiger charge is 2.34. The number of halogens is 3. The molecular weight excluding hydrogens is 439 g/mol. The molecule has 1 N–H and O–H groups in total. The van der Waals surface area contributed by atoms with Gasteiger partial charge in [0, 0.05) is 25.1 Å². The van der Waals surface area contributed by atoms with Gasteiger partial charge in [0.05, 0.1) is 11.1 Å². The van der Waals surface area contributed by atoms with Crippen molar-refractivity contribution in [2.24, 2.45) is 7.05 Å². The number of carbonyl (C=O) groups excluding carboxylic acids is 1. The topological polar surface area (TPSA) is 64.0 Å². The predicted octanol–water partition coefficient (Wildman–Crippen LogP) is 4.87. The first-order chi connectivity index (χ1) is 15.1. The van der Waals surface area contributed by atoms with Crippen LogP contribution in [-0.2, 0) is 23.8 Å². The summed E-state index contributed by atoms with van der Waals surface area (Å²) >= 11 is 1.37. The Kier molecular flexibility index (Phi) is 5.85. The van der Waals surface area contributed by atoms with Crippen LogP contribution in [0, 0.1) is 6.92 Å². The van der Waals surface area contributed by atoms with E-state index in [0.29, 0.717) is 22.3 Å². The van der Waals surface area contributed by atoms with Gasteiger partial charge in [0.25, 0.3) is 5.56 Å². The van der Waals surface area contributed by atoms with E-state index in [-0.39, 0.29) is 17.9 Å². The van der Waals surface area contributed by atoms with Crippen molar-refractivity contribution < 1.29 is 18.0 Å². The van der Waals surface area contributed by atoms with Crippen LogP contribution in [0.15, 0.2) is 58.5 Å². The Hall–Kier alpha value is -3.07. The van der Waals surface area contributed by atoms with Crippen molar-refractivity contribution in [3.8, 4) is 0 Å². The first-order valence-electron chi connectivity index (χ1n) is 9.90. The Morgan fingerprint density at radius 3 is 2.53 bits per heavy atom. The average molecular weight is 459 g/mol. The van der Waals surface area contributed by atoms with Crippen molar-refractivity contribution in [3.63, 3.8) is 0 Å². The first-order valence-corrected chi connectivity index (χ1v) is 10.9. The highest BCUT2D eigenvalue weighted by molar-refractivity contribution is 7.98. The minimum atomic E-state index is -4.46. The van der Waals surface area contributed by atoms with E-state index >= 15 is 0 Å². The molecule has 3 aromatic rings. The predicted molar refractivity (Wildman–Crippen MR) is 117 cm³/mol. The van der Waals surface area contributed by atoms with Crippen LogP contribution in [0.2, 0.25) is 0 Å². The number of alkyl halides is 3. The third-order valence-corrected chi connectivity index (χ3v) is 6.49. The van der Waals surface area contributed by atoms with Gasteiger partial charge in [-0.3, -0.25) is 9.59 Å². The summed E-state index contributed by atoms with van der Waals surface area (Å²) in [6, 6.07) is 12.5. The molecule has 0 spiro atoms. The molecule has 32 heavy (non-hydrogen) atoms. The standard InChI is InChI=1S/C23H20F3N3O2S/c1-13-4-3-5-14(10-13)12-32-22-28-21(31)19-17(11-18(30)27-20(19)29(22)2)15-6-8-16(9-7-15)23(24,25)26/h3-10,17H,11-12H2,1-2H3,(H,27,30). The number of hydrogen-bond donors (Lipinski definition) is 1. The molecule has 9 heteroatoms. The molecule has 1 aliphatic heterocycles. The van der Waals surface area contributed by atoms with E-state index in [9.17, 15) is 22.8 Å².